The van der Waals surface area contributed by atoms with Crippen molar-refractivity contribution in [1.29, 1.82) is 0 Å². The van der Waals surface area contributed by atoms with Crippen LogP contribution in [-0.4, -0.2) is 9.97 Å². The molecule has 0 bridgehead atoms. The van der Waals surface area contributed by atoms with Gasteiger partial charge in [-0.05, 0) is 40.9 Å². The Hall–Kier alpha value is -0.350. The minimum absolute atomic E-state index is 0.415. The lowest BCUT2D eigenvalue weighted by atomic mass is 10.0. The third kappa shape index (κ3) is 3.07. The zero-order chi connectivity index (χ0) is 15.0. The van der Waals surface area contributed by atoms with Gasteiger partial charge in [0.15, 0.2) is 5.82 Å². The maximum Gasteiger partial charge on any atom is 0.162 e. The summed E-state index contributed by atoms with van der Waals surface area (Å²) >= 11 is 22.1. The summed E-state index contributed by atoms with van der Waals surface area (Å²) in [4.78, 5) is 9.04. The molecule has 21 heavy (non-hydrogen) atoms. The van der Waals surface area contributed by atoms with E-state index < -0.39 is 0 Å². The molecule has 1 aliphatic carbocycles. The highest BCUT2D eigenvalue weighted by atomic mass is 79.9. The van der Waals surface area contributed by atoms with E-state index in [0.717, 1.165) is 23.0 Å². The van der Waals surface area contributed by atoms with Gasteiger partial charge in [0.25, 0.3) is 0 Å². The third-order valence-corrected chi connectivity index (χ3v) is 5.87. The first-order chi connectivity index (χ1) is 10.1. The van der Waals surface area contributed by atoms with Gasteiger partial charge < -0.3 is 0 Å². The van der Waals surface area contributed by atoms with Crippen molar-refractivity contribution in [2.45, 2.75) is 31.6 Å². The molecule has 1 aromatic carbocycles. The molecule has 1 aromatic heterocycles. The molecule has 110 valence electrons. The van der Waals surface area contributed by atoms with Crippen LogP contribution in [0.1, 0.15) is 37.3 Å². The Labute approximate surface area is 147 Å². The van der Waals surface area contributed by atoms with Gasteiger partial charge in [0, 0.05) is 11.5 Å². The Morgan fingerprint density at radius 1 is 1.05 bits per heavy atom. The fraction of sp³-hybridized carbons (Fsp3) is 0.333. The molecule has 2 nitrogen and oxygen atoms in total. The summed E-state index contributed by atoms with van der Waals surface area (Å²) in [5, 5.41) is 1.35. The molecule has 1 heterocycles. The van der Waals surface area contributed by atoms with E-state index >= 15 is 0 Å². The van der Waals surface area contributed by atoms with E-state index in [0.29, 0.717) is 32.5 Å². The van der Waals surface area contributed by atoms with E-state index in [-0.39, 0.29) is 0 Å². The van der Waals surface area contributed by atoms with Crippen molar-refractivity contribution < 1.29 is 0 Å². The Bertz CT molecular complexity index is 685. The van der Waals surface area contributed by atoms with E-state index in [9.17, 15) is 0 Å². The van der Waals surface area contributed by atoms with Crippen molar-refractivity contribution in [2.24, 2.45) is 0 Å². The topological polar surface area (TPSA) is 25.8 Å². The standard InChI is InChI=1S/C15H12BrCl3N2/c16-11-13(8-4-1-2-5-8)20-15(21-14(11)19)9-6-3-7-10(17)12(9)18/h3,6-8H,1-2,4-5H2. The van der Waals surface area contributed by atoms with Crippen molar-refractivity contribution in [3.8, 4) is 11.4 Å². The van der Waals surface area contributed by atoms with Gasteiger partial charge in [-0.25, -0.2) is 9.97 Å². The first kappa shape index (κ1) is 15.5. The van der Waals surface area contributed by atoms with E-state index in [1.165, 1.54) is 12.8 Å². The van der Waals surface area contributed by atoms with Crippen molar-refractivity contribution in [2.75, 3.05) is 0 Å². The number of rotatable bonds is 2. The molecule has 0 amide bonds. The first-order valence-corrected chi connectivity index (χ1v) is 8.68. The normalized spacial score (nSPS) is 15.6. The monoisotopic (exact) mass is 404 g/mol. The van der Waals surface area contributed by atoms with E-state index in [1.54, 1.807) is 6.07 Å². The summed E-state index contributed by atoms with van der Waals surface area (Å²) in [7, 11) is 0. The second kappa shape index (κ2) is 6.41. The summed E-state index contributed by atoms with van der Waals surface area (Å²) in [5.41, 5.74) is 1.68. The summed E-state index contributed by atoms with van der Waals surface area (Å²) < 4.78 is 0.790. The minimum Gasteiger partial charge on any atom is -0.231 e. The fourth-order valence-electron chi connectivity index (χ4n) is 2.70. The highest BCUT2D eigenvalue weighted by Gasteiger charge is 2.24. The van der Waals surface area contributed by atoms with Crippen molar-refractivity contribution in [1.82, 2.24) is 9.97 Å². The van der Waals surface area contributed by atoms with Crippen molar-refractivity contribution >= 4 is 50.7 Å². The van der Waals surface area contributed by atoms with Crippen LogP contribution in [0.4, 0.5) is 0 Å². The van der Waals surface area contributed by atoms with Gasteiger partial charge in [-0.3, -0.25) is 0 Å². The summed E-state index contributed by atoms with van der Waals surface area (Å²) in [5.74, 6) is 0.953. The zero-order valence-corrected chi connectivity index (χ0v) is 14.9. The predicted octanol–water partition coefficient (Wildman–Crippen LogP) is 6.52. The van der Waals surface area contributed by atoms with Crippen LogP contribution in [-0.2, 0) is 0 Å². The number of benzene rings is 1. The Balaban J connectivity index is 2.13. The summed E-state index contributed by atoms with van der Waals surface area (Å²) in [6, 6.07) is 5.43. The van der Waals surface area contributed by atoms with Gasteiger partial charge in [0.2, 0.25) is 0 Å². The van der Waals surface area contributed by atoms with E-state index in [2.05, 4.69) is 20.9 Å². The lowest BCUT2D eigenvalue weighted by Crippen LogP contribution is -2.03. The SMILES string of the molecule is Clc1cccc(-c2nc(Cl)c(Br)c(C3CCCC3)n2)c1Cl. The van der Waals surface area contributed by atoms with Crippen LogP contribution in [0.5, 0.6) is 0 Å². The second-order valence-electron chi connectivity index (χ2n) is 5.12. The van der Waals surface area contributed by atoms with Gasteiger partial charge in [0.1, 0.15) is 5.15 Å². The number of hydrogen-bond acceptors (Lipinski definition) is 2. The minimum atomic E-state index is 0.415. The van der Waals surface area contributed by atoms with Gasteiger partial charge in [-0.1, -0.05) is 53.7 Å². The quantitative estimate of drug-likeness (QED) is 0.530. The molecule has 0 atom stereocenters. The summed E-state index contributed by atoms with van der Waals surface area (Å²) in [6.07, 6.45) is 4.72. The third-order valence-electron chi connectivity index (χ3n) is 3.77. The van der Waals surface area contributed by atoms with Crippen LogP contribution >= 0.6 is 50.7 Å². The molecule has 3 rings (SSSR count). The Kier molecular flexibility index (Phi) is 4.75. The predicted molar refractivity (Wildman–Crippen MR) is 91.4 cm³/mol. The molecule has 1 saturated carbocycles. The lowest BCUT2D eigenvalue weighted by molar-refractivity contribution is 0.691. The van der Waals surface area contributed by atoms with Gasteiger partial charge in [-0.2, -0.15) is 0 Å². The number of halogens is 4. The van der Waals surface area contributed by atoms with Crippen LogP contribution in [0.3, 0.4) is 0 Å². The molecular formula is C15H12BrCl3N2. The lowest BCUT2D eigenvalue weighted by Gasteiger charge is -2.14. The maximum atomic E-state index is 6.27. The zero-order valence-electron chi connectivity index (χ0n) is 11.0. The Morgan fingerprint density at radius 2 is 1.76 bits per heavy atom. The molecule has 0 spiro atoms. The first-order valence-electron chi connectivity index (χ1n) is 6.75. The Morgan fingerprint density at radius 3 is 2.48 bits per heavy atom. The molecule has 0 radical (unpaired) electrons. The molecule has 0 saturated heterocycles. The number of hydrogen-bond donors (Lipinski definition) is 0. The highest BCUT2D eigenvalue weighted by molar-refractivity contribution is 9.10. The van der Waals surface area contributed by atoms with Crippen LogP contribution in [0.25, 0.3) is 11.4 Å². The fourth-order valence-corrected chi connectivity index (χ4v) is 3.77. The highest BCUT2D eigenvalue weighted by Crippen LogP contribution is 2.40. The van der Waals surface area contributed by atoms with Crippen molar-refractivity contribution in [3.05, 3.63) is 43.6 Å². The van der Waals surface area contributed by atoms with E-state index in [1.807, 2.05) is 12.1 Å². The number of aromatic nitrogens is 2. The second-order valence-corrected chi connectivity index (χ2v) is 7.06. The molecule has 1 aliphatic rings. The van der Waals surface area contributed by atoms with Crippen LogP contribution < -0.4 is 0 Å². The van der Waals surface area contributed by atoms with Gasteiger partial charge >= 0.3 is 0 Å². The summed E-state index contributed by atoms with van der Waals surface area (Å²) in [6.45, 7) is 0. The van der Waals surface area contributed by atoms with E-state index in [4.69, 9.17) is 39.8 Å². The van der Waals surface area contributed by atoms with Crippen LogP contribution in [0.15, 0.2) is 22.7 Å². The molecule has 0 N–H and O–H groups in total. The molecule has 1 fully saturated rings. The van der Waals surface area contributed by atoms with Crippen molar-refractivity contribution in [3.63, 3.8) is 0 Å². The molecular weight excluding hydrogens is 394 g/mol. The molecule has 0 unspecified atom stereocenters. The number of nitrogens with zero attached hydrogens (tertiary/aromatic N) is 2. The largest absolute Gasteiger partial charge is 0.231 e. The molecule has 0 aliphatic heterocycles. The maximum absolute atomic E-state index is 6.27. The average Bonchev–Trinajstić information content (AvgIpc) is 2.99. The molecule has 2 aromatic rings. The smallest absolute Gasteiger partial charge is 0.162 e. The average molecular weight is 407 g/mol. The van der Waals surface area contributed by atoms with Crippen LogP contribution in [0.2, 0.25) is 15.2 Å². The van der Waals surface area contributed by atoms with Crippen LogP contribution in [0, 0.1) is 0 Å². The van der Waals surface area contributed by atoms with Gasteiger partial charge in [-0.15, -0.1) is 0 Å². The molecule has 6 heteroatoms. The van der Waals surface area contributed by atoms with Gasteiger partial charge in [0.05, 0.1) is 20.2 Å².